The molecule has 4 heteroatoms. The van der Waals surface area contributed by atoms with Crippen molar-refractivity contribution >= 4 is 7.68 Å². The van der Waals surface area contributed by atoms with E-state index < -0.39 is 13.0 Å². The van der Waals surface area contributed by atoms with Gasteiger partial charge in [0.1, 0.15) is 0 Å². The quantitative estimate of drug-likeness (QED) is 0.0529. The van der Waals surface area contributed by atoms with Crippen molar-refractivity contribution in [1.29, 1.82) is 0 Å². The van der Waals surface area contributed by atoms with Gasteiger partial charge in [-0.05, 0) is 64.2 Å². The van der Waals surface area contributed by atoms with E-state index in [1.807, 2.05) is 21.1 Å². The van der Waals surface area contributed by atoms with Crippen molar-refractivity contribution in [2.45, 2.75) is 154 Å². The van der Waals surface area contributed by atoms with Crippen LogP contribution in [0.2, 0.25) is 0 Å². The molecular formula is C31H61NO2P+. The second kappa shape index (κ2) is 22.5. The maximum atomic E-state index is 12.1. The number of hydrogen-bond acceptors (Lipinski definition) is 2. The van der Waals surface area contributed by atoms with Crippen LogP contribution in [-0.2, 0) is 9.13 Å². The number of quaternary nitrogens is 1. The molecule has 0 saturated heterocycles. The van der Waals surface area contributed by atoms with Crippen molar-refractivity contribution in [2.75, 3.05) is 21.1 Å². The van der Waals surface area contributed by atoms with E-state index in [4.69, 9.17) is 0 Å². The van der Waals surface area contributed by atoms with Crippen molar-refractivity contribution in [3.8, 4) is 0 Å². The van der Waals surface area contributed by atoms with Gasteiger partial charge in [0, 0.05) is 12.8 Å². The summed E-state index contributed by atoms with van der Waals surface area (Å²) in [5, 5.41) is -0.606. The summed E-state index contributed by atoms with van der Waals surface area (Å²) in [5.41, 5.74) is 0. The summed E-state index contributed by atoms with van der Waals surface area (Å²) in [6.07, 6.45) is 35.2. The normalized spacial score (nSPS) is 14.2. The Morgan fingerprint density at radius 1 is 0.514 bits per heavy atom. The first kappa shape index (κ1) is 34.3. The van der Waals surface area contributed by atoms with Gasteiger partial charge in [-0.2, -0.15) is 0 Å². The molecule has 0 rings (SSSR count). The van der Waals surface area contributed by atoms with Crippen LogP contribution >= 0.6 is 7.68 Å². The fraction of sp³-hybridized carbons (Fsp3) is 0.871. The third kappa shape index (κ3) is 17.4. The van der Waals surface area contributed by atoms with Gasteiger partial charge in [0.15, 0.2) is 0 Å². The van der Waals surface area contributed by atoms with E-state index in [-0.39, 0.29) is 0 Å². The van der Waals surface area contributed by atoms with Crippen LogP contribution in [-0.4, -0.2) is 30.9 Å². The summed E-state index contributed by atoms with van der Waals surface area (Å²) in [4.78, 5) is 0. The smallest absolute Gasteiger partial charge is 0.314 e. The Balaban J connectivity index is 3.61. The third-order valence-corrected chi connectivity index (χ3v) is 9.21. The molecular weight excluding hydrogens is 449 g/mol. The monoisotopic (exact) mass is 510 g/mol. The number of rotatable bonds is 25. The zero-order valence-corrected chi connectivity index (χ0v) is 25.3. The second-order valence-corrected chi connectivity index (χ2v) is 12.8. The Kier molecular flexibility index (Phi) is 22.1. The molecule has 1 unspecified atom stereocenters. The number of allylic oxidation sites excluding steroid dienone is 4. The first-order valence-electron chi connectivity index (χ1n) is 15.1. The average Bonchev–Trinajstić information content (AvgIpc) is 2.80. The Labute approximate surface area is 220 Å². The van der Waals surface area contributed by atoms with E-state index in [0.717, 1.165) is 38.5 Å². The van der Waals surface area contributed by atoms with Gasteiger partial charge in [-0.25, -0.2) is 9.13 Å². The van der Waals surface area contributed by atoms with E-state index in [0.29, 0.717) is 4.48 Å². The SMILES string of the molecule is CCCCCC=CCCCCCCCCCCC=CCCCCCC(CCC)(P(=O)=O)[N+](C)(C)C. The van der Waals surface area contributed by atoms with E-state index in [1.54, 1.807) is 0 Å². The van der Waals surface area contributed by atoms with Gasteiger partial charge in [-0.1, -0.05) is 95.9 Å². The van der Waals surface area contributed by atoms with E-state index in [1.165, 1.54) is 96.3 Å². The van der Waals surface area contributed by atoms with Crippen LogP contribution < -0.4 is 0 Å². The third-order valence-electron chi connectivity index (χ3n) is 7.49. The van der Waals surface area contributed by atoms with Crippen LogP contribution in [0, 0.1) is 0 Å². The first-order chi connectivity index (χ1) is 16.8. The van der Waals surface area contributed by atoms with E-state index in [9.17, 15) is 9.13 Å². The topological polar surface area (TPSA) is 34.1 Å². The fourth-order valence-corrected chi connectivity index (χ4v) is 6.28. The summed E-state index contributed by atoms with van der Waals surface area (Å²) < 4.78 is 24.7. The van der Waals surface area contributed by atoms with Crippen LogP contribution in [0.25, 0.3) is 0 Å². The zero-order chi connectivity index (χ0) is 26.3. The maximum absolute atomic E-state index is 12.1. The maximum Gasteiger partial charge on any atom is 0.378 e. The van der Waals surface area contributed by atoms with Crippen LogP contribution in [0.15, 0.2) is 24.3 Å². The summed E-state index contributed by atoms with van der Waals surface area (Å²) in [7, 11) is 3.65. The highest BCUT2D eigenvalue weighted by Gasteiger charge is 2.47. The molecule has 0 heterocycles. The van der Waals surface area contributed by atoms with Gasteiger partial charge < -0.3 is 4.48 Å². The van der Waals surface area contributed by atoms with Gasteiger partial charge in [0.05, 0.1) is 21.1 Å². The van der Waals surface area contributed by atoms with Gasteiger partial charge in [0.25, 0.3) is 0 Å². The molecule has 0 N–H and O–H groups in total. The molecule has 0 aliphatic carbocycles. The van der Waals surface area contributed by atoms with Crippen molar-refractivity contribution in [1.82, 2.24) is 0 Å². The molecule has 0 bridgehead atoms. The van der Waals surface area contributed by atoms with Gasteiger partial charge in [-0.3, -0.25) is 0 Å². The lowest BCUT2D eigenvalue weighted by atomic mass is 9.99. The largest absolute Gasteiger partial charge is 0.378 e. The summed E-state index contributed by atoms with van der Waals surface area (Å²) >= 11 is 0. The predicted octanol–water partition coefficient (Wildman–Crippen LogP) is 10.9. The number of hydrogen-bond donors (Lipinski definition) is 0. The molecule has 0 radical (unpaired) electrons. The Bertz CT molecular complexity index is 596. The average molecular weight is 511 g/mol. The van der Waals surface area contributed by atoms with Gasteiger partial charge in [-0.15, -0.1) is 0 Å². The van der Waals surface area contributed by atoms with Crippen LogP contribution in [0.1, 0.15) is 149 Å². The van der Waals surface area contributed by atoms with Crippen molar-refractivity contribution < 1.29 is 13.6 Å². The molecule has 35 heavy (non-hydrogen) atoms. The van der Waals surface area contributed by atoms with Crippen LogP contribution in [0.4, 0.5) is 0 Å². The summed E-state index contributed by atoms with van der Waals surface area (Å²) in [6.45, 7) is 4.35. The van der Waals surface area contributed by atoms with E-state index >= 15 is 0 Å². The highest BCUT2D eigenvalue weighted by atomic mass is 31.1. The lowest BCUT2D eigenvalue weighted by molar-refractivity contribution is -0.908. The minimum atomic E-state index is -2.43. The lowest BCUT2D eigenvalue weighted by Crippen LogP contribution is -2.53. The molecule has 1 atom stereocenters. The van der Waals surface area contributed by atoms with Gasteiger partial charge >= 0.3 is 7.68 Å². The molecule has 0 aromatic rings. The van der Waals surface area contributed by atoms with Crippen LogP contribution in [0.5, 0.6) is 0 Å². The molecule has 0 aliphatic heterocycles. The number of unbranched alkanes of at least 4 members (excludes halogenated alkanes) is 15. The fourth-order valence-electron chi connectivity index (χ4n) is 5.04. The minimum Gasteiger partial charge on any atom is -0.314 e. The molecule has 0 spiro atoms. The second-order valence-electron chi connectivity index (χ2n) is 11.4. The van der Waals surface area contributed by atoms with Crippen molar-refractivity contribution in [3.63, 3.8) is 0 Å². The Morgan fingerprint density at radius 2 is 0.886 bits per heavy atom. The van der Waals surface area contributed by atoms with E-state index in [2.05, 4.69) is 38.2 Å². The highest BCUT2D eigenvalue weighted by molar-refractivity contribution is 7.32. The lowest BCUT2D eigenvalue weighted by Gasteiger charge is -2.41. The predicted molar refractivity (Wildman–Crippen MR) is 156 cm³/mol. The summed E-state index contributed by atoms with van der Waals surface area (Å²) in [5.74, 6) is 0. The molecule has 0 aromatic heterocycles. The molecule has 0 aromatic carbocycles. The first-order valence-corrected chi connectivity index (χ1v) is 16.3. The molecule has 206 valence electrons. The van der Waals surface area contributed by atoms with Crippen LogP contribution in [0.3, 0.4) is 0 Å². The molecule has 0 aliphatic rings. The molecule has 0 fully saturated rings. The molecule has 3 nitrogen and oxygen atoms in total. The minimum absolute atomic E-state index is 0.510. The van der Waals surface area contributed by atoms with Gasteiger partial charge in [0.2, 0.25) is 5.28 Å². The molecule has 0 amide bonds. The van der Waals surface area contributed by atoms with Crippen molar-refractivity contribution in [2.24, 2.45) is 0 Å². The standard InChI is InChI=1S/C31H61NO2P/c1-6-8-9-10-11-12-13-14-15-16-17-18-19-20-21-22-23-24-25-26-27-28-30-31(29-7-2,35(33)34)32(3,4)5/h11-12,23-24H,6-10,13-22,25-30H2,1-5H3/q+1. The molecule has 0 saturated carbocycles. The van der Waals surface area contributed by atoms with Crippen molar-refractivity contribution in [3.05, 3.63) is 24.3 Å². The number of nitrogens with zero attached hydrogens (tertiary/aromatic N) is 1. The Hall–Kier alpha value is -0.660. The Morgan fingerprint density at radius 3 is 1.23 bits per heavy atom. The highest BCUT2D eigenvalue weighted by Crippen LogP contribution is 2.44. The summed E-state index contributed by atoms with van der Waals surface area (Å²) in [6, 6.07) is 0. The zero-order valence-electron chi connectivity index (χ0n) is 24.4.